The monoisotopic (exact) mass is 287 g/mol. The molecule has 2 aromatic rings. The topological polar surface area (TPSA) is 64.9 Å². The highest BCUT2D eigenvalue weighted by atomic mass is 32.2. The van der Waals surface area contributed by atoms with Crippen molar-refractivity contribution in [3.8, 4) is 0 Å². The van der Waals surface area contributed by atoms with Crippen LogP contribution < -0.4 is 5.73 Å². The van der Waals surface area contributed by atoms with Crippen LogP contribution in [0.3, 0.4) is 0 Å². The number of benzene rings is 1. The molecule has 2 atom stereocenters. The fourth-order valence-corrected chi connectivity index (χ4v) is 3.10. The van der Waals surface area contributed by atoms with Gasteiger partial charge in [0.05, 0.1) is 11.7 Å². The van der Waals surface area contributed by atoms with E-state index in [0.717, 1.165) is 18.0 Å². The Morgan fingerprint density at radius 1 is 1.40 bits per heavy atom. The van der Waals surface area contributed by atoms with Gasteiger partial charge in [-0.2, -0.15) is 4.98 Å². The molecule has 2 N–H and O–H groups in total. The van der Waals surface area contributed by atoms with Gasteiger partial charge in [-0.15, -0.1) is 11.8 Å². The maximum atomic E-state index is 5.84. The van der Waals surface area contributed by atoms with Crippen LogP contribution in [0.15, 0.2) is 45.8 Å². The first-order valence-corrected chi connectivity index (χ1v) is 7.65. The highest BCUT2D eigenvalue weighted by molar-refractivity contribution is 7.98. The lowest BCUT2D eigenvalue weighted by molar-refractivity contribution is 0.361. The maximum Gasteiger partial charge on any atom is 0.233 e. The van der Waals surface area contributed by atoms with Crippen LogP contribution in [0, 0.1) is 6.92 Å². The summed E-state index contributed by atoms with van der Waals surface area (Å²) >= 11 is 1.72. The first-order valence-electron chi connectivity index (χ1n) is 6.66. The fourth-order valence-electron chi connectivity index (χ4n) is 2.24. The molecule has 20 heavy (non-hydrogen) atoms. The number of allylic oxidation sites excluding steroid dienone is 1. The van der Waals surface area contributed by atoms with Crippen LogP contribution >= 0.6 is 11.8 Å². The third-order valence-electron chi connectivity index (χ3n) is 3.28. The van der Waals surface area contributed by atoms with Crippen molar-refractivity contribution in [3.63, 3.8) is 0 Å². The minimum Gasteiger partial charge on any atom is -0.339 e. The van der Waals surface area contributed by atoms with E-state index >= 15 is 0 Å². The van der Waals surface area contributed by atoms with E-state index in [1.807, 2.05) is 6.08 Å². The van der Waals surface area contributed by atoms with Gasteiger partial charge in [0.15, 0.2) is 5.82 Å². The lowest BCUT2D eigenvalue weighted by atomic mass is 10.1. The molecule has 0 radical (unpaired) electrons. The molecule has 1 heterocycles. The summed E-state index contributed by atoms with van der Waals surface area (Å²) in [4.78, 5) is 5.68. The molecule has 2 unspecified atom stereocenters. The van der Waals surface area contributed by atoms with E-state index in [2.05, 4.69) is 47.4 Å². The number of aryl methyl sites for hydroxylation is 1. The minimum atomic E-state index is 0.108. The SMILES string of the molecule is Cc1cccc(SCc2noc(C3C=CC(N)C3)n2)c1. The van der Waals surface area contributed by atoms with Gasteiger partial charge in [0.2, 0.25) is 5.89 Å². The van der Waals surface area contributed by atoms with Crippen molar-refractivity contribution in [1.29, 1.82) is 0 Å². The van der Waals surface area contributed by atoms with Crippen LogP contribution in [0.2, 0.25) is 0 Å². The lowest BCUT2D eigenvalue weighted by Crippen LogP contribution is -2.14. The molecule has 1 aromatic carbocycles. The van der Waals surface area contributed by atoms with Crippen molar-refractivity contribution >= 4 is 11.8 Å². The summed E-state index contributed by atoms with van der Waals surface area (Å²) in [6.45, 7) is 2.09. The molecule has 1 aliphatic carbocycles. The number of nitrogens with two attached hydrogens (primary N) is 1. The number of rotatable bonds is 4. The Bertz CT molecular complexity index is 623. The van der Waals surface area contributed by atoms with Crippen molar-refractivity contribution in [1.82, 2.24) is 10.1 Å². The molecule has 1 aromatic heterocycles. The Hall–Kier alpha value is -1.59. The van der Waals surface area contributed by atoms with Crippen LogP contribution in [0.25, 0.3) is 0 Å². The van der Waals surface area contributed by atoms with Gasteiger partial charge in [0.25, 0.3) is 0 Å². The molecule has 0 fully saturated rings. The van der Waals surface area contributed by atoms with Gasteiger partial charge in [-0.05, 0) is 25.5 Å². The first kappa shape index (κ1) is 13.4. The summed E-state index contributed by atoms with van der Waals surface area (Å²) in [5.41, 5.74) is 7.10. The predicted molar refractivity (Wildman–Crippen MR) is 79.5 cm³/mol. The van der Waals surface area contributed by atoms with E-state index in [9.17, 15) is 0 Å². The van der Waals surface area contributed by atoms with Gasteiger partial charge in [-0.3, -0.25) is 0 Å². The summed E-state index contributed by atoms with van der Waals surface area (Å²) in [5, 5.41) is 4.04. The van der Waals surface area contributed by atoms with Gasteiger partial charge in [0, 0.05) is 10.9 Å². The number of nitrogens with zero attached hydrogens (tertiary/aromatic N) is 2. The number of aromatic nitrogens is 2. The van der Waals surface area contributed by atoms with Gasteiger partial charge in [-0.25, -0.2) is 0 Å². The normalized spacial score (nSPS) is 21.5. The second kappa shape index (κ2) is 5.81. The van der Waals surface area contributed by atoms with Gasteiger partial charge < -0.3 is 10.3 Å². The van der Waals surface area contributed by atoms with Gasteiger partial charge in [-0.1, -0.05) is 35.0 Å². The Kier molecular flexibility index (Phi) is 3.89. The van der Waals surface area contributed by atoms with E-state index < -0.39 is 0 Å². The molecule has 0 aliphatic heterocycles. The molecular weight excluding hydrogens is 270 g/mol. The molecule has 3 rings (SSSR count). The first-order chi connectivity index (χ1) is 9.70. The number of hydrogen-bond donors (Lipinski definition) is 1. The van der Waals surface area contributed by atoms with Crippen LogP contribution in [0.5, 0.6) is 0 Å². The third-order valence-corrected chi connectivity index (χ3v) is 4.26. The van der Waals surface area contributed by atoms with Crippen molar-refractivity contribution in [3.05, 3.63) is 53.7 Å². The van der Waals surface area contributed by atoms with Crippen LogP contribution in [0.4, 0.5) is 0 Å². The summed E-state index contributed by atoms with van der Waals surface area (Å²) in [6, 6.07) is 8.51. The highest BCUT2D eigenvalue weighted by Crippen LogP contribution is 2.28. The molecule has 4 nitrogen and oxygen atoms in total. The average molecular weight is 287 g/mol. The molecule has 0 saturated heterocycles. The fraction of sp³-hybridized carbons (Fsp3) is 0.333. The van der Waals surface area contributed by atoms with E-state index in [4.69, 9.17) is 10.3 Å². The molecular formula is C15H17N3OS. The summed E-state index contributed by atoms with van der Waals surface area (Å²) in [6.07, 6.45) is 4.90. The Balaban J connectivity index is 1.62. The smallest absolute Gasteiger partial charge is 0.233 e. The van der Waals surface area contributed by atoms with E-state index in [1.54, 1.807) is 11.8 Å². The van der Waals surface area contributed by atoms with Crippen molar-refractivity contribution in [2.24, 2.45) is 5.73 Å². The zero-order valence-electron chi connectivity index (χ0n) is 11.3. The largest absolute Gasteiger partial charge is 0.339 e. The number of hydrogen-bond acceptors (Lipinski definition) is 5. The van der Waals surface area contributed by atoms with Gasteiger partial charge >= 0.3 is 0 Å². The van der Waals surface area contributed by atoms with Gasteiger partial charge in [0.1, 0.15) is 0 Å². The molecule has 5 heteroatoms. The van der Waals surface area contributed by atoms with Crippen molar-refractivity contribution in [2.45, 2.75) is 36.0 Å². The predicted octanol–water partition coefficient (Wildman–Crippen LogP) is 3.04. The van der Waals surface area contributed by atoms with Crippen molar-refractivity contribution < 1.29 is 4.52 Å². The highest BCUT2D eigenvalue weighted by Gasteiger charge is 2.22. The zero-order chi connectivity index (χ0) is 13.9. The third kappa shape index (κ3) is 3.11. The molecule has 0 bridgehead atoms. The quantitative estimate of drug-likeness (QED) is 0.691. The Labute approximate surface area is 122 Å². The molecule has 1 aliphatic rings. The molecule has 0 saturated carbocycles. The summed E-state index contributed by atoms with van der Waals surface area (Å²) in [5.74, 6) is 2.31. The van der Waals surface area contributed by atoms with E-state index in [-0.39, 0.29) is 12.0 Å². The molecule has 104 valence electrons. The minimum absolute atomic E-state index is 0.108. The lowest BCUT2D eigenvalue weighted by Gasteiger charge is -2.02. The molecule has 0 spiro atoms. The van der Waals surface area contributed by atoms with E-state index in [1.165, 1.54) is 10.5 Å². The Morgan fingerprint density at radius 2 is 2.30 bits per heavy atom. The van der Waals surface area contributed by atoms with Crippen molar-refractivity contribution in [2.75, 3.05) is 0 Å². The van der Waals surface area contributed by atoms with E-state index in [0.29, 0.717) is 5.89 Å². The summed E-state index contributed by atoms with van der Waals surface area (Å²) in [7, 11) is 0. The second-order valence-electron chi connectivity index (χ2n) is 5.04. The molecule has 0 amide bonds. The van der Waals surface area contributed by atoms with Crippen LogP contribution in [0.1, 0.15) is 29.6 Å². The maximum absolute atomic E-state index is 5.84. The van der Waals surface area contributed by atoms with Crippen LogP contribution in [-0.2, 0) is 5.75 Å². The summed E-state index contributed by atoms with van der Waals surface area (Å²) < 4.78 is 5.33. The van der Waals surface area contributed by atoms with Crippen LogP contribution in [-0.4, -0.2) is 16.2 Å². The number of thioether (sulfide) groups is 1. The Morgan fingerprint density at radius 3 is 3.05 bits per heavy atom. The zero-order valence-corrected chi connectivity index (χ0v) is 12.1. The standard InChI is InChI=1S/C15H17N3OS/c1-10-3-2-4-13(7-10)20-9-14-17-15(19-18-14)11-5-6-12(16)8-11/h2-7,11-12H,8-9,16H2,1H3. The average Bonchev–Trinajstić information content (AvgIpc) is 3.05. The second-order valence-corrected chi connectivity index (χ2v) is 6.09.